The molecule has 0 saturated carbocycles. The lowest BCUT2D eigenvalue weighted by Crippen LogP contribution is -2.17. The van der Waals surface area contributed by atoms with Gasteiger partial charge in [0.05, 0.1) is 0 Å². The van der Waals surface area contributed by atoms with Crippen molar-refractivity contribution >= 4 is 23.4 Å². The first-order valence-corrected chi connectivity index (χ1v) is 6.91. The van der Waals surface area contributed by atoms with E-state index in [9.17, 15) is 4.79 Å². The van der Waals surface area contributed by atoms with Gasteiger partial charge in [-0.2, -0.15) is 0 Å². The van der Waals surface area contributed by atoms with Crippen molar-refractivity contribution in [3.8, 4) is 0 Å². The number of anilines is 1. The van der Waals surface area contributed by atoms with Crippen molar-refractivity contribution in [2.45, 2.75) is 27.2 Å². The summed E-state index contributed by atoms with van der Waals surface area (Å²) < 4.78 is 0. The predicted molar refractivity (Wildman–Crippen MR) is 85.7 cm³/mol. The minimum Gasteiger partial charge on any atom is -0.404 e. The Morgan fingerprint density at radius 3 is 2.80 bits per heavy atom. The second kappa shape index (κ2) is 8.15. The lowest BCUT2D eigenvalue weighted by atomic mass is 10.1. The van der Waals surface area contributed by atoms with Crippen LogP contribution < -0.4 is 11.1 Å². The molecule has 108 valence electrons. The fourth-order valence-electron chi connectivity index (χ4n) is 1.57. The Bertz CT molecular complexity index is 504. The lowest BCUT2D eigenvalue weighted by Gasteiger charge is -2.09. The third-order valence-electron chi connectivity index (χ3n) is 2.75. The normalized spacial score (nSPS) is 12.1. The third kappa shape index (κ3) is 4.88. The SMILES string of the molecule is CCCN=C/C(=C\N)c1cccc(NC(=O)C(C)C)c1. The summed E-state index contributed by atoms with van der Waals surface area (Å²) >= 11 is 0. The molecule has 0 fully saturated rings. The van der Waals surface area contributed by atoms with Gasteiger partial charge in [0.15, 0.2) is 0 Å². The lowest BCUT2D eigenvalue weighted by molar-refractivity contribution is -0.118. The summed E-state index contributed by atoms with van der Waals surface area (Å²) in [6, 6.07) is 7.60. The highest BCUT2D eigenvalue weighted by molar-refractivity contribution is 6.10. The zero-order valence-corrected chi connectivity index (χ0v) is 12.4. The van der Waals surface area contributed by atoms with E-state index in [2.05, 4.69) is 17.2 Å². The first-order chi connectivity index (χ1) is 9.58. The van der Waals surface area contributed by atoms with Gasteiger partial charge in [0, 0.05) is 36.1 Å². The Morgan fingerprint density at radius 1 is 1.45 bits per heavy atom. The van der Waals surface area contributed by atoms with Crippen LogP contribution in [0, 0.1) is 5.92 Å². The molecule has 0 aliphatic heterocycles. The highest BCUT2D eigenvalue weighted by atomic mass is 16.1. The summed E-state index contributed by atoms with van der Waals surface area (Å²) in [5.41, 5.74) is 8.20. The molecule has 0 spiro atoms. The van der Waals surface area contributed by atoms with Gasteiger partial charge in [0.2, 0.25) is 5.91 Å². The van der Waals surface area contributed by atoms with E-state index in [4.69, 9.17) is 5.73 Å². The van der Waals surface area contributed by atoms with E-state index >= 15 is 0 Å². The maximum Gasteiger partial charge on any atom is 0.226 e. The van der Waals surface area contributed by atoms with Gasteiger partial charge in [0.1, 0.15) is 0 Å². The van der Waals surface area contributed by atoms with Crippen LogP contribution in [0.4, 0.5) is 5.69 Å². The van der Waals surface area contributed by atoms with E-state index in [-0.39, 0.29) is 11.8 Å². The zero-order chi connectivity index (χ0) is 15.0. The first kappa shape index (κ1) is 16.0. The summed E-state index contributed by atoms with van der Waals surface area (Å²) in [6.07, 6.45) is 4.30. The topological polar surface area (TPSA) is 67.5 Å². The molecule has 0 atom stereocenters. The van der Waals surface area contributed by atoms with E-state index in [0.717, 1.165) is 29.8 Å². The van der Waals surface area contributed by atoms with Crippen molar-refractivity contribution < 1.29 is 4.79 Å². The molecule has 3 N–H and O–H groups in total. The molecule has 20 heavy (non-hydrogen) atoms. The number of hydrogen-bond acceptors (Lipinski definition) is 3. The molecule has 0 aliphatic carbocycles. The molecule has 0 radical (unpaired) electrons. The number of nitrogens with zero attached hydrogens (tertiary/aromatic N) is 1. The number of hydrogen-bond donors (Lipinski definition) is 2. The molecule has 0 aliphatic rings. The number of benzene rings is 1. The fraction of sp³-hybridized carbons (Fsp3) is 0.375. The molecular weight excluding hydrogens is 250 g/mol. The Balaban J connectivity index is 2.88. The average molecular weight is 273 g/mol. The monoisotopic (exact) mass is 273 g/mol. The van der Waals surface area contributed by atoms with Crippen LogP contribution in [0.5, 0.6) is 0 Å². The van der Waals surface area contributed by atoms with Crippen LogP contribution in [0.25, 0.3) is 5.57 Å². The molecule has 1 amide bonds. The van der Waals surface area contributed by atoms with Crippen LogP contribution in [-0.2, 0) is 4.79 Å². The van der Waals surface area contributed by atoms with Crippen LogP contribution >= 0.6 is 0 Å². The Kier molecular flexibility index (Phi) is 6.50. The van der Waals surface area contributed by atoms with Crippen LogP contribution in [0.1, 0.15) is 32.8 Å². The molecule has 4 heteroatoms. The first-order valence-electron chi connectivity index (χ1n) is 6.91. The smallest absolute Gasteiger partial charge is 0.226 e. The summed E-state index contributed by atoms with van der Waals surface area (Å²) in [4.78, 5) is 16.0. The quantitative estimate of drug-likeness (QED) is 0.782. The largest absolute Gasteiger partial charge is 0.404 e. The molecule has 0 bridgehead atoms. The maximum absolute atomic E-state index is 11.7. The summed E-state index contributed by atoms with van der Waals surface area (Å²) in [7, 11) is 0. The van der Waals surface area contributed by atoms with Crippen LogP contribution in [0.2, 0.25) is 0 Å². The maximum atomic E-state index is 11.7. The van der Waals surface area contributed by atoms with Crippen molar-refractivity contribution in [2.24, 2.45) is 16.6 Å². The molecule has 0 heterocycles. The van der Waals surface area contributed by atoms with Gasteiger partial charge in [-0.15, -0.1) is 0 Å². The average Bonchev–Trinajstić information content (AvgIpc) is 2.44. The number of nitrogens with two attached hydrogens (primary N) is 1. The molecule has 0 saturated heterocycles. The standard InChI is InChI=1S/C16H23N3O/c1-4-8-18-11-14(10-17)13-6-5-7-15(9-13)19-16(20)12(2)3/h5-7,9-12H,4,8,17H2,1-3H3,(H,19,20)/b14-10+,18-11?. The van der Waals surface area contributed by atoms with Gasteiger partial charge in [0.25, 0.3) is 0 Å². The van der Waals surface area contributed by atoms with Crippen molar-refractivity contribution in [1.82, 2.24) is 0 Å². The second-order valence-corrected chi connectivity index (χ2v) is 4.88. The summed E-state index contributed by atoms with van der Waals surface area (Å²) in [5, 5.41) is 2.88. The van der Waals surface area contributed by atoms with Crippen molar-refractivity contribution in [3.05, 3.63) is 36.0 Å². The highest BCUT2D eigenvalue weighted by Gasteiger charge is 2.07. The molecule has 4 nitrogen and oxygen atoms in total. The molecule has 1 rings (SSSR count). The molecule has 1 aromatic carbocycles. The number of nitrogens with one attached hydrogen (secondary N) is 1. The number of carbonyl (C=O) groups is 1. The van der Waals surface area contributed by atoms with Gasteiger partial charge in [-0.25, -0.2) is 0 Å². The number of amides is 1. The molecule has 0 unspecified atom stereocenters. The summed E-state index contributed by atoms with van der Waals surface area (Å²) in [5.74, 6) is -0.0469. The van der Waals surface area contributed by atoms with Crippen LogP contribution in [0.15, 0.2) is 35.5 Å². The molecule has 0 aromatic heterocycles. The van der Waals surface area contributed by atoms with E-state index in [1.165, 1.54) is 6.20 Å². The fourth-order valence-corrected chi connectivity index (χ4v) is 1.57. The van der Waals surface area contributed by atoms with Gasteiger partial charge in [-0.3, -0.25) is 9.79 Å². The van der Waals surface area contributed by atoms with Crippen molar-refractivity contribution in [2.75, 3.05) is 11.9 Å². The predicted octanol–water partition coefficient (Wildman–Crippen LogP) is 3.06. The number of aliphatic imine (C=N–C) groups is 1. The van der Waals surface area contributed by atoms with Crippen molar-refractivity contribution in [3.63, 3.8) is 0 Å². The number of carbonyl (C=O) groups excluding carboxylic acids is 1. The van der Waals surface area contributed by atoms with Crippen molar-refractivity contribution in [1.29, 1.82) is 0 Å². The van der Waals surface area contributed by atoms with E-state index < -0.39 is 0 Å². The van der Waals surface area contributed by atoms with Gasteiger partial charge >= 0.3 is 0 Å². The van der Waals surface area contributed by atoms with Crippen LogP contribution in [-0.4, -0.2) is 18.7 Å². The Labute approximate surface area is 120 Å². The molecule has 1 aromatic rings. The minimum absolute atomic E-state index is 0.0000724. The number of allylic oxidation sites excluding steroid dienone is 1. The van der Waals surface area contributed by atoms with Crippen LogP contribution in [0.3, 0.4) is 0 Å². The van der Waals surface area contributed by atoms with Gasteiger partial charge in [-0.05, 0) is 24.1 Å². The van der Waals surface area contributed by atoms with Gasteiger partial charge < -0.3 is 11.1 Å². The number of rotatable bonds is 6. The minimum atomic E-state index is -0.0470. The molecular formula is C16H23N3O. The van der Waals surface area contributed by atoms with E-state index in [1.54, 1.807) is 6.21 Å². The van der Waals surface area contributed by atoms with E-state index in [0.29, 0.717) is 0 Å². The Morgan fingerprint density at radius 2 is 2.20 bits per heavy atom. The highest BCUT2D eigenvalue weighted by Crippen LogP contribution is 2.17. The second-order valence-electron chi connectivity index (χ2n) is 4.88. The Hall–Kier alpha value is -2.10. The van der Waals surface area contributed by atoms with E-state index in [1.807, 2.05) is 38.1 Å². The zero-order valence-electron chi connectivity index (χ0n) is 12.4. The van der Waals surface area contributed by atoms with Gasteiger partial charge in [-0.1, -0.05) is 32.9 Å². The summed E-state index contributed by atoms with van der Waals surface area (Å²) in [6.45, 7) is 6.58. The third-order valence-corrected chi connectivity index (χ3v) is 2.75.